The van der Waals surface area contributed by atoms with E-state index in [0.29, 0.717) is 6.54 Å². The van der Waals surface area contributed by atoms with E-state index in [1.165, 1.54) is 25.9 Å². The fourth-order valence-electron chi connectivity index (χ4n) is 1.80. The van der Waals surface area contributed by atoms with Gasteiger partial charge < -0.3 is 10.2 Å². The monoisotopic (exact) mass is 256 g/mol. The number of halogens is 3. The van der Waals surface area contributed by atoms with Crippen LogP contribution in [0.3, 0.4) is 0 Å². The highest BCUT2D eigenvalue weighted by molar-refractivity contribution is 8.00. The Bertz CT molecular complexity index is 181. The summed E-state index contributed by atoms with van der Waals surface area (Å²) in [6.45, 7) is 4.69. The number of thioether (sulfide) groups is 1. The summed E-state index contributed by atoms with van der Waals surface area (Å²) in [5, 5.41) is 3.03. The van der Waals surface area contributed by atoms with Gasteiger partial charge in [-0.1, -0.05) is 0 Å². The van der Waals surface area contributed by atoms with Gasteiger partial charge in [-0.3, -0.25) is 0 Å². The Hall–Kier alpha value is 0.0600. The second-order valence-corrected chi connectivity index (χ2v) is 5.11. The number of alkyl halides is 3. The Morgan fingerprint density at radius 3 is 2.44 bits per heavy atom. The summed E-state index contributed by atoms with van der Waals surface area (Å²) in [6, 6.07) is 0. The maximum Gasteiger partial charge on any atom is 0.441 e. The van der Waals surface area contributed by atoms with Crippen LogP contribution in [0, 0.1) is 0 Å². The summed E-state index contributed by atoms with van der Waals surface area (Å²) in [5.41, 5.74) is -4.09. The lowest BCUT2D eigenvalue weighted by Crippen LogP contribution is -2.26. The maximum absolute atomic E-state index is 11.8. The van der Waals surface area contributed by atoms with E-state index in [9.17, 15) is 13.2 Å². The molecule has 0 spiro atoms. The van der Waals surface area contributed by atoms with E-state index in [-0.39, 0.29) is 17.5 Å². The quantitative estimate of drug-likeness (QED) is 0.704. The van der Waals surface area contributed by atoms with Crippen molar-refractivity contribution >= 4 is 11.8 Å². The lowest BCUT2D eigenvalue weighted by molar-refractivity contribution is -0.0327. The van der Waals surface area contributed by atoms with Gasteiger partial charge in [0.1, 0.15) is 0 Å². The minimum absolute atomic E-state index is 0.0440. The zero-order valence-electron chi connectivity index (χ0n) is 9.35. The molecule has 1 aliphatic rings. The molecule has 0 bridgehead atoms. The number of hydrogen-bond donors (Lipinski definition) is 1. The first-order valence-corrected chi connectivity index (χ1v) is 6.70. The van der Waals surface area contributed by atoms with Gasteiger partial charge in [0.25, 0.3) is 0 Å². The molecule has 1 aliphatic heterocycles. The summed E-state index contributed by atoms with van der Waals surface area (Å²) in [5.74, 6) is 0.104. The zero-order valence-corrected chi connectivity index (χ0v) is 10.2. The molecule has 1 fully saturated rings. The molecule has 1 rings (SSSR count). The summed E-state index contributed by atoms with van der Waals surface area (Å²) in [4.78, 5) is 2.41. The van der Waals surface area contributed by atoms with Gasteiger partial charge in [0, 0.05) is 12.3 Å². The van der Waals surface area contributed by atoms with Crippen molar-refractivity contribution in [3.63, 3.8) is 0 Å². The molecular weight excluding hydrogens is 237 g/mol. The van der Waals surface area contributed by atoms with Crippen LogP contribution in [0.15, 0.2) is 0 Å². The molecule has 16 heavy (non-hydrogen) atoms. The van der Waals surface area contributed by atoms with E-state index >= 15 is 0 Å². The van der Waals surface area contributed by atoms with Gasteiger partial charge in [0.05, 0.1) is 0 Å². The van der Waals surface area contributed by atoms with Crippen molar-refractivity contribution in [1.82, 2.24) is 10.2 Å². The Labute approximate surface area is 98.9 Å². The van der Waals surface area contributed by atoms with Gasteiger partial charge in [-0.2, -0.15) is 13.2 Å². The third kappa shape index (κ3) is 7.35. The Morgan fingerprint density at radius 2 is 1.81 bits per heavy atom. The van der Waals surface area contributed by atoms with Gasteiger partial charge in [-0.15, -0.1) is 0 Å². The largest absolute Gasteiger partial charge is 0.441 e. The maximum atomic E-state index is 11.8. The summed E-state index contributed by atoms with van der Waals surface area (Å²) in [6.07, 6.45) is 3.60. The molecule has 1 heterocycles. The van der Waals surface area contributed by atoms with Gasteiger partial charge in [0.2, 0.25) is 0 Å². The van der Waals surface area contributed by atoms with Crippen LogP contribution >= 0.6 is 11.8 Å². The predicted molar refractivity (Wildman–Crippen MR) is 61.7 cm³/mol. The lowest BCUT2D eigenvalue weighted by Gasteiger charge is -2.14. The third-order valence-electron chi connectivity index (χ3n) is 2.57. The first-order valence-electron chi connectivity index (χ1n) is 5.72. The molecule has 6 heteroatoms. The molecule has 2 nitrogen and oxygen atoms in total. The second-order valence-electron chi connectivity index (χ2n) is 3.95. The van der Waals surface area contributed by atoms with Crippen molar-refractivity contribution in [2.75, 3.05) is 38.5 Å². The molecule has 0 aliphatic carbocycles. The highest BCUT2D eigenvalue weighted by Gasteiger charge is 2.27. The van der Waals surface area contributed by atoms with E-state index < -0.39 is 5.51 Å². The number of rotatable bonds is 7. The van der Waals surface area contributed by atoms with Crippen LogP contribution in [0.5, 0.6) is 0 Å². The van der Waals surface area contributed by atoms with Crippen molar-refractivity contribution in [3.8, 4) is 0 Å². The molecule has 0 aromatic carbocycles. The minimum atomic E-state index is -4.09. The van der Waals surface area contributed by atoms with Gasteiger partial charge in [0.15, 0.2) is 0 Å². The zero-order chi connectivity index (χ0) is 11.9. The molecular formula is C10H19F3N2S. The summed E-state index contributed by atoms with van der Waals surface area (Å²) in [7, 11) is 0. The smallest absolute Gasteiger partial charge is 0.316 e. The number of nitrogens with zero attached hydrogens (tertiary/aromatic N) is 1. The average molecular weight is 256 g/mol. The van der Waals surface area contributed by atoms with Crippen LogP contribution < -0.4 is 5.32 Å². The first kappa shape index (κ1) is 14.1. The molecule has 0 aromatic rings. The van der Waals surface area contributed by atoms with Crippen LogP contribution in [-0.2, 0) is 0 Å². The fraction of sp³-hybridized carbons (Fsp3) is 1.00. The van der Waals surface area contributed by atoms with Crippen LogP contribution in [0.2, 0.25) is 0 Å². The first-order chi connectivity index (χ1) is 7.58. The molecule has 0 radical (unpaired) electrons. The Balaban J connectivity index is 1.81. The van der Waals surface area contributed by atoms with Crippen LogP contribution in [-0.4, -0.2) is 48.9 Å². The third-order valence-corrected chi connectivity index (χ3v) is 3.31. The van der Waals surface area contributed by atoms with Crippen molar-refractivity contribution in [2.24, 2.45) is 0 Å². The second kappa shape index (κ2) is 7.40. The van der Waals surface area contributed by atoms with Crippen molar-refractivity contribution in [3.05, 3.63) is 0 Å². The van der Waals surface area contributed by atoms with Crippen molar-refractivity contribution in [1.29, 1.82) is 0 Å². The van der Waals surface area contributed by atoms with E-state index in [0.717, 1.165) is 19.5 Å². The number of nitrogens with one attached hydrogen (secondary N) is 1. The highest BCUT2D eigenvalue weighted by Crippen LogP contribution is 2.29. The van der Waals surface area contributed by atoms with Gasteiger partial charge in [-0.25, -0.2) is 0 Å². The molecule has 0 unspecified atom stereocenters. The van der Waals surface area contributed by atoms with E-state index in [2.05, 4.69) is 10.2 Å². The minimum Gasteiger partial charge on any atom is -0.316 e. The molecule has 0 atom stereocenters. The predicted octanol–water partition coefficient (Wildman–Crippen LogP) is 2.31. The van der Waals surface area contributed by atoms with E-state index in [1.807, 2.05) is 0 Å². The van der Waals surface area contributed by atoms with Gasteiger partial charge >= 0.3 is 5.51 Å². The highest BCUT2D eigenvalue weighted by atomic mass is 32.2. The van der Waals surface area contributed by atoms with Crippen molar-refractivity contribution in [2.45, 2.75) is 24.8 Å². The molecule has 96 valence electrons. The van der Waals surface area contributed by atoms with Crippen LogP contribution in [0.1, 0.15) is 19.3 Å². The average Bonchev–Trinajstić information content (AvgIpc) is 2.67. The Kier molecular flexibility index (Phi) is 6.53. The summed E-state index contributed by atoms with van der Waals surface area (Å²) < 4.78 is 35.3. The SMILES string of the molecule is FC(F)(F)SCCNCCCN1CCCC1. The molecule has 0 aromatic heterocycles. The fourth-order valence-corrected chi connectivity index (χ4v) is 2.28. The lowest BCUT2D eigenvalue weighted by atomic mass is 10.4. The van der Waals surface area contributed by atoms with Crippen molar-refractivity contribution < 1.29 is 13.2 Å². The van der Waals surface area contributed by atoms with E-state index in [4.69, 9.17) is 0 Å². The molecule has 1 N–H and O–H groups in total. The van der Waals surface area contributed by atoms with Crippen LogP contribution in [0.4, 0.5) is 13.2 Å². The molecule has 1 saturated heterocycles. The van der Waals surface area contributed by atoms with Gasteiger partial charge in [-0.05, 0) is 57.2 Å². The standard InChI is InChI=1S/C10H19F3N2S/c11-10(12,13)16-9-5-14-4-3-8-15-6-1-2-7-15/h14H,1-9H2. The van der Waals surface area contributed by atoms with Crippen LogP contribution in [0.25, 0.3) is 0 Å². The summed E-state index contributed by atoms with van der Waals surface area (Å²) >= 11 is 0.0440. The van der Waals surface area contributed by atoms with E-state index in [1.54, 1.807) is 0 Å². The Morgan fingerprint density at radius 1 is 1.12 bits per heavy atom. The number of likely N-dealkylation sites (tertiary alicyclic amines) is 1. The topological polar surface area (TPSA) is 15.3 Å². The number of hydrogen-bond acceptors (Lipinski definition) is 3. The molecule has 0 amide bonds. The normalized spacial score (nSPS) is 18.2. The molecule has 0 saturated carbocycles.